The Balaban J connectivity index is 0.00000261. The fraction of sp³-hybridized carbons (Fsp3) is 0.400. The van der Waals surface area contributed by atoms with Crippen LogP contribution in [0.25, 0.3) is 0 Å². The highest BCUT2D eigenvalue weighted by Gasteiger charge is 2.37. The van der Waals surface area contributed by atoms with Gasteiger partial charge in [0, 0.05) is 19.5 Å². The van der Waals surface area contributed by atoms with Crippen molar-refractivity contribution in [1.29, 1.82) is 0 Å². The van der Waals surface area contributed by atoms with E-state index < -0.39 is 6.04 Å². The molecule has 27 heavy (non-hydrogen) atoms. The molecular weight excluding hydrogens is 382 g/mol. The summed E-state index contributed by atoms with van der Waals surface area (Å²) in [5.41, 5.74) is 6.86. The number of carbonyl (C=O) groups excluding carboxylic acids is 2. The van der Waals surface area contributed by atoms with Gasteiger partial charge in [0.05, 0.1) is 4.88 Å². The zero-order valence-corrected chi connectivity index (χ0v) is 17.0. The van der Waals surface area contributed by atoms with Gasteiger partial charge in [0.2, 0.25) is 5.91 Å². The van der Waals surface area contributed by atoms with Crippen molar-refractivity contribution >= 4 is 35.6 Å². The van der Waals surface area contributed by atoms with Gasteiger partial charge in [-0.3, -0.25) is 9.59 Å². The lowest BCUT2D eigenvalue weighted by molar-refractivity contribution is -0.132. The second-order valence-corrected chi connectivity index (χ2v) is 8.17. The second kappa shape index (κ2) is 9.35. The van der Waals surface area contributed by atoms with Crippen molar-refractivity contribution in [3.8, 4) is 0 Å². The highest BCUT2D eigenvalue weighted by atomic mass is 35.5. The van der Waals surface area contributed by atoms with Crippen LogP contribution in [0, 0.1) is 5.41 Å². The van der Waals surface area contributed by atoms with Crippen molar-refractivity contribution in [2.24, 2.45) is 11.1 Å². The highest BCUT2D eigenvalue weighted by molar-refractivity contribution is 7.12. The zero-order chi connectivity index (χ0) is 18.6. The average molecular weight is 408 g/mol. The minimum absolute atomic E-state index is 0. The monoisotopic (exact) mass is 407 g/mol. The molecule has 7 heteroatoms. The number of likely N-dealkylation sites (tertiary alicyclic amines) is 1. The van der Waals surface area contributed by atoms with Gasteiger partial charge in [0.1, 0.15) is 6.04 Å². The molecule has 0 radical (unpaired) electrons. The standard InChI is InChI=1S/C20H25N3O2S.ClH/c1-20(13-21)9-10-23(14-20)19(25)16(12-15-6-3-2-4-7-15)22-18(24)17-8-5-11-26-17;/h2-8,11,16H,9-10,12-14,21H2,1H3,(H,22,24);1H. The number of hydrogen-bond donors (Lipinski definition) is 2. The molecule has 1 aromatic heterocycles. The molecule has 1 fully saturated rings. The van der Waals surface area contributed by atoms with E-state index in [0.29, 0.717) is 30.9 Å². The largest absolute Gasteiger partial charge is 0.340 e. The number of nitrogens with one attached hydrogen (secondary N) is 1. The number of amides is 2. The van der Waals surface area contributed by atoms with Gasteiger partial charge in [0.25, 0.3) is 5.91 Å². The SMILES string of the molecule is CC1(CN)CCN(C(=O)C(Cc2ccccc2)NC(=O)c2cccs2)C1.Cl. The first-order valence-corrected chi connectivity index (χ1v) is 9.76. The molecular formula is C20H26ClN3O2S. The molecule has 1 aliphatic rings. The molecule has 2 amide bonds. The molecule has 2 unspecified atom stereocenters. The molecule has 3 rings (SSSR count). The third kappa shape index (κ3) is 5.31. The quantitative estimate of drug-likeness (QED) is 0.773. The van der Waals surface area contributed by atoms with Crippen LogP contribution in [0.5, 0.6) is 0 Å². The molecule has 1 aliphatic heterocycles. The Hall–Kier alpha value is -1.89. The van der Waals surface area contributed by atoms with Crippen LogP contribution in [0.15, 0.2) is 47.8 Å². The van der Waals surface area contributed by atoms with Crippen LogP contribution in [0.1, 0.15) is 28.6 Å². The number of hydrogen-bond acceptors (Lipinski definition) is 4. The molecule has 2 atom stereocenters. The van der Waals surface area contributed by atoms with E-state index in [1.54, 1.807) is 6.07 Å². The van der Waals surface area contributed by atoms with Crippen LogP contribution in [0.3, 0.4) is 0 Å². The fourth-order valence-corrected chi connectivity index (χ4v) is 3.91. The molecule has 2 aromatic rings. The number of nitrogens with two attached hydrogens (primary N) is 1. The maximum Gasteiger partial charge on any atom is 0.262 e. The average Bonchev–Trinajstić information content (AvgIpc) is 3.32. The third-order valence-electron chi connectivity index (χ3n) is 4.99. The molecule has 3 N–H and O–H groups in total. The summed E-state index contributed by atoms with van der Waals surface area (Å²) in [7, 11) is 0. The summed E-state index contributed by atoms with van der Waals surface area (Å²) in [5.74, 6) is -0.231. The Morgan fingerprint density at radius 3 is 2.59 bits per heavy atom. The van der Waals surface area contributed by atoms with Gasteiger partial charge in [-0.05, 0) is 35.4 Å². The molecule has 1 aromatic carbocycles. The molecule has 0 saturated carbocycles. The van der Waals surface area contributed by atoms with Gasteiger partial charge >= 0.3 is 0 Å². The Kier molecular flexibility index (Phi) is 7.41. The van der Waals surface area contributed by atoms with E-state index in [0.717, 1.165) is 12.0 Å². The van der Waals surface area contributed by atoms with E-state index in [9.17, 15) is 9.59 Å². The second-order valence-electron chi connectivity index (χ2n) is 7.22. The Bertz CT molecular complexity index is 754. The number of thiophene rings is 1. The van der Waals surface area contributed by atoms with Crippen LogP contribution in [0.4, 0.5) is 0 Å². The summed E-state index contributed by atoms with van der Waals surface area (Å²) >= 11 is 1.37. The van der Waals surface area contributed by atoms with Crippen molar-refractivity contribution in [2.75, 3.05) is 19.6 Å². The van der Waals surface area contributed by atoms with Crippen molar-refractivity contribution in [3.05, 3.63) is 58.3 Å². The summed E-state index contributed by atoms with van der Waals surface area (Å²) in [5, 5.41) is 4.80. The third-order valence-corrected chi connectivity index (χ3v) is 5.86. The van der Waals surface area contributed by atoms with Crippen LogP contribution >= 0.6 is 23.7 Å². The lowest BCUT2D eigenvalue weighted by Gasteiger charge is -2.26. The molecule has 0 bridgehead atoms. The summed E-state index contributed by atoms with van der Waals surface area (Å²) in [6.45, 7) is 3.99. The minimum atomic E-state index is -0.577. The first-order valence-electron chi connectivity index (χ1n) is 8.88. The highest BCUT2D eigenvalue weighted by Crippen LogP contribution is 2.29. The predicted molar refractivity (Wildman–Crippen MR) is 111 cm³/mol. The van der Waals surface area contributed by atoms with Crippen LogP contribution in [0.2, 0.25) is 0 Å². The first-order chi connectivity index (χ1) is 12.5. The molecule has 0 aliphatic carbocycles. The smallest absolute Gasteiger partial charge is 0.262 e. The van der Waals surface area contributed by atoms with Gasteiger partial charge in [-0.25, -0.2) is 0 Å². The van der Waals surface area contributed by atoms with Crippen LogP contribution < -0.4 is 11.1 Å². The number of nitrogens with zero attached hydrogens (tertiary/aromatic N) is 1. The van der Waals surface area contributed by atoms with Crippen LogP contribution in [-0.4, -0.2) is 42.4 Å². The maximum absolute atomic E-state index is 13.1. The van der Waals surface area contributed by atoms with Crippen molar-refractivity contribution in [3.63, 3.8) is 0 Å². The van der Waals surface area contributed by atoms with E-state index in [2.05, 4.69) is 12.2 Å². The molecule has 1 saturated heterocycles. The van der Waals surface area contributed by atoms with Crippen molar-refractivity contribution in [1.82, 2.24) is 10.2 Å². The number of halogens is 1. The summed E-state index contributed by atoms with van der Waals surface area (Å²) < 4.78 is 0. The van der Waals surface area contributed by atoms with Crippen LogP contribution in [-0.2, 0) is 11.2 Å². The van der Waals surface area contributed by atoms with Gasteiger partial charge < -0.3 is 16.0 Å². The predicted octanol–water partition coefficient (Wildman–Crippen LogP) is 2.71. The Labute approximate surface area is 170 Å². The molecule has 5 nitrogen and oxygen atoms in total. The van der Waals surface area contributed by atoms with Gasteiger partial charge in [-0.2, -0.15) is 0 Å². The maximum atomic E-state index is 13.1. The Morgan fingerprint density at radius 1 is 1.26 bits per heavy atom. The zero-order valence-electron chi connectivity index (χ0n) is 15.4. The normalized spacial score (nSPS) is 20.0. The van der Waals surface area contributed by atoms with Gasteiger partial charge in [0.15, 0.2) is 0 Å². The number of rotatable bonds is 6. The number of carbonyl (C=O) groups is 2. The topological polar surface area (TPSA) is 75.4 Å². The lowest BCUT2D eigenvalue weighted by atomic mass is 9.90. The summed E-state index contributed by atoms with van der Waals surface area (Å²) in [4.78, 5) is 28.1. The van der Waals surface area contributed by atoms with E-state index in [4.69, 9.17) is 5.73 Å². The molecule has 2 heterocycles. The lowest BCUT2D eigenvalue weighted by Crippen LogP contribution is -2.49. The molecule has 0 spiro atoms. The van der Waals surface area contributed by atoms with Crippen molar-refractivity contribution < 1.29 is 9.59 Å². The van der Waals surface area contributed by atoms with E-state index in [1.165, 1.54) is 11.3 Å². The van der Waals surface area contributed by atoms with Crippen molar-refractivity contribution in [2.45, 2.75) is 25.8 Å². The summed E-state index contributed by atoms with van der Waals surface area (Å²) in [6.07, 6.45) is 1.37. The molecule has 146 valence electrons. The minimum Gasteiger partial charge on any atom is -0.340 e. The first kappa shape index (κ1) is 21.4. The number of benzene rings is 1. The van der Waals surface area contributed by atoms with Gasteiger partial charge in [-0.15, -0.1) is 23.7 Å². The van der Waals surface area contributed by atoms with Gasteiger partial charge in [-0.1, -0.05) is 43.3 Å². The summed E-state index contributed by atoms with van der Waals surface area (Å²) in [6, 6.07) is 12.8. The van der Waals surface area contributed by atoms with E-state index in [-0.39, 0.29) is 29.6 Å². The Morgan fingerprint density at radius 2 is 2.00 bits per heavy atom. The van der Waals surface area contributed by atoms with E-state index >= 15 is 0 Å². The fourth-order valence-electron chi connectivity index (χ4n) is 3.29. The van der Waals surface area contributed by atoms with E-state index in [1.807, 2.05) is 46.7 Å².